The van der Waals surface area contributed by atoms with Crippen molar-refractivity contribution in [1.82, 2.24) is 20.4 Å². The van der Waals surface area contributed by atoms with Crippen LogP contribution in [0.4, 0.5) is 5.69 Å². The molecule has 0 saturated carbocycles. The fourth-order valence-corrected chi connectivity index (χ4v) is 4.56. The van der Waals surface area contributed by atoms with E-state index in [4.69, 9.17) is 0 Å². The quantitative estimate of drug-likeness (QED) is 0.418. The second kappa shape index (κ2) is 8.11. The number of anilines is 1. The molecule has 0 fully saturated rings. The van der Waals surface area contributed by atoms with Crippen LogP contribution in [0, 0.1) is 13.8 Å². The molecule has 4 aromatic rings. The topological polar surface area (TPSA) is 98.8 Å². The molecule has 1 atom stereocenters. The maximum absolute atomic E-state index is 11.2. The highest BCUT2D eigenvalue weighted by atomic mass is 16.3. The molecule has 2 aliphatic rings. The second-order valence-electron chi connectivity index (χ2n) is 8.93. The summed E-state index contributed by atoms with van der Waals surface area (Å²) in [5.41, 5.74) is 10.0. The van der Waals surface area contributed by atoms with Crippen molar-refractivity contribution in [2.75, 3.05) is 5.12 Å². The molecule has 0 bridgehead atoms. The van der Waals surface area contributed by atoms with Gasteiger partial charge in [0.1, 0.15) is 33.9 Å². The van der Waals surface area contributed by atoms with Gasteiger partial charge in [0.05, 0.1) is 11.8 Å². The molecular formula is C27H24N6O2. The molecule has 1 aromatic heterocycles. The lowest BCUT2D eigenvalue weighted by Gasteiger charge is -2.20. The zero-order valence-corrected chi connectivity index (χ0v) is 19.3. The molecule has 3 aromatic carbocycles. The maximum Gasteiger partial charge on any atom is 0.146 e. The van der Waals surface area contributed by atoms with E-state index in [1.807, 2.05) is 86.7 Å². The predicted molar refractivity (Wildman–Crippen MR) is 136 cm³/mol. The number of hydrazine groups is 1. The first-order chi connectivity index (χ1) is 17.0. The third-order valence-electron chi connectivity index (χ3n) is 6.21. The number of hydrogen-bond acceptors (Lipinski definition) is 7. The number of nitrogens with zero attached hydrogens (tertiary/aromatic N) is 5. The van der Waals surface area contributed by atoms with Crippen molar-refractivity contribution in [1.29, 1.82) is 0 Å². The summed E-state index contributed by atoms with van der Waals surface area (Å²) in [4.78, 5) is 1.46. The summed E-state index contributed by atoms with van der Waals surface area (Å²) >= 11 is 0. The monoisotopic (exact) mass is 464 g/mol. The van der Waals surface area contributed by atoms with Crippen LogP contribution in [0.2, 0.25) is 0 Å². The maximum atomic E-state index is 11.2. The Labute approximate surface area is 202 Å². The van der Waals surface area contributed by atoms with E-state index in [-0.39, 0.29) is 17.5 Å². The van der Waals surface area contributed by atoms with Gasteiger partial charge in [-0.2, -0.15) is 15.6 Å². The van der Waals surface area contributed by atoms with E-state index in [1.165, 1.54) is 4.80 Å². The van der Waals surface area contributed by atoms with Gasteiger partial charge in [-0.1, -0.05) is 42.5 Å². The minimum atomic E-state index is -0.0242. The van der Waals surface area contributed by atoms with E-state index in [0.717, 1.165) is 27.9 Å². The third-order valence-corrected chi connectivity index (χ3v) is 6.21. The van der Waals surface area contributed by atoms with Gasteiger partial charge in [-0.05, 0) is 55.3 Å². The largest absolute Gasteiger partial charge is 0.505 e. The molecule has 8 heteroatoms. The van der Waals surface area contributed by atoms with E-state index in [2.05, 4.69) is 20.7 Å². The number of aromatic hydroxyl groups is 2. The van der Waals surface area contributed by atoms with E-state index < -0.39 is 0 Å². The van der Waals surface area contributed by atoms with Crippen LogP contribution < -0.4 is 10.5 Å². The van der Waals surface area contributed by atoms with Crippen LogP contribution in [0.5, 0.6) is 11.5 Å². The normalized spacial score (nSPS) is 16.7. The molecule has 1 aliphatic carbocycles. The summed E-state index contributed by atoms with van der Waals surface area (Å²) in [6, 6.07) is 15.1. The van der Waals surface area contributed by atoms with Gasteiger partial charge in [0, 0.05) is 17.5 Å². The van der Waals surface area contributed by atoms with Crippen LogP contribution in [0.15, 0.2) is 77.9 Å². The third kappa shape index (κ3) is 3.74. The highest BCUT2D eigenvalue weighted by Crippen LogP contribution is 2.37. The smallest absolute Gasteiger partial charge is 0.146 e. The van der Waals surface area contributed by atoms with Crippen LogP contribution >= 0.6 is 0 Å². The summed E-state index contributed by atoms with van der Waals surface area (Å²) in [6.07, 6.45) is 8.21. The number of rotatable bonds is 4. The Morgan fingerprint density at radius 2 is 1.49 bits per heavy atom. The number of hydrazone groups is 1. The number of allylic oxidation sites excluding steroid dienone is 2. The van der Waals surface area contributed by atoms with Gasteiger partial charge >= 0.3 is 0 Å². The number of phenols is 2. The Kier molecular flexibility index (Phi) is 4.89. The van der Waals surface area contributed by atoms with Crippen molar-refractivity contribution in [2.45, 2.75) is 26.3 Å². The van der Waals surface area contributed by atoms with Gasteiger partial charge in [-0.25, -0.2) is 0 Å². The van der Waals surface area contributed by atoms with Crippen molar-refractivity contribution in [3.05, 3.63) is 95.1 Å². The highest BCUT2D eigenvalue weighted by Gasteiger charge is 2.27. The Balaban J connectivity index is 1.38. The van der Waals surface area contributed by atoms with E-state index in [0.29, 0.717) is 28.9 Å². The first-order valence-electron chi connectivity index (χ1n) is 11.4. The van der Waals surface area contributed by atoms with Gasteiger partial charge in [0.2, 0.25) is 0 Å². The number of fused-ring (bicyclic) bond motifs is 2. The predicted octanol–water partition coefficient (Wildman–Crippen LogP) is 4.21. The van der Waals surface area contributed by atoms with Crippen molar-refractivity contribution in [3.63, 3.8) is 0 Å². The van der Waals surface area contributed by atoms with Crippen LogP contribution in [-0.2, 0) is 6.42 Å². The molecule has 0 amide bonds. The van der Waals surface area contributed by atoms with Crippen LogP contribution in [0.3, 0.4) is 0 Å². The van der Waals surface area contributed by atoms with Gasteiger partial charge in [0.25, 0.3) is 0 Å². The number of benzene rings is 3. The van der Waals surface area contributed by atoms with Crippen LogP contribution in [-0.4, -0.2) is 37.0 Å². The number of aromatic nitrogens is 3. The lowest BCUT2D eigenvalue weighted by atomic mass is 9.98. The fraction of sp³-hybridized carbons (Fsp3) is 0.148. The molecule has 174 valence electrons. The number of nitrogens with one attached hydrogen (secondary N) is 1. The van der Waals surface area contributed by atoms with Crippen molar-refractivity contribution < 1.29 is 10.2 Å². The lowest BCUT2D eigenvalue weighted by Crippen LogP contribution is -2.37. The second-order valence-corrected chi connectivity index (χ2v) is 8.93. The summed E-state index contributed by atoms with van der Waals surface area (Å²) in [5, 5.41) is 37.7. The zero-order chi connectivity index (χ0) is 24.1. The standard InChI is InChI=1S/C27H24N6O2/c1-16-11-18(26(34)24(13-16)32-28-20-7-3-4-8-21(20)29-32)15-19-12-17(2)14-25(27(19)35)33-30-22-9-5-6-10-23(22)31-33/h3-14,20,28,34-35H,15H2,1-2H3. The molecule has 6 rings (SSSR count). The van der Waals surface area contributed by atoms with Gasteiger partial charge in [0.15, 0.2) is 0 Å². The molecule has 1 unspecified atom stereocenters. The summed E-state index contributed by atoms with van der Waals surface area (Å²) in [5.74, 6) is 0.198. The average Bonchev–Trinajstić information content (AvgIpc) is 3.47. The summed E-state index contributed by atoms with van der Waals surface area (Å²) in [6.45, 7) is 3.94. The molecule has 35 heavy (non-hydrogen) atoms. The lowest BCUT2D eigenvalue weighted by molar-refractivity contribution is 0.457. The SMILES string of the molecule is Cc1cc(Cc2cc(C)cc(-n3nc4ccccc4n3)c2O)c(O)c(N2N=C3C=CC=CC3N2)c1. The van der Waals surface area contributed by atoms with Gasteiger partial charge < -0.3 is 10.2 Å². The number of phenolic OH excluding ortho intramolecular Hbond substituents is 2. The molecular weight excluding hydrogens is 440 g/mol. The zero-order valence-electron chi connectivity index (χ0n) is 19.3. The molecule has 8 nitrogen and oxygen atoms in total. The first-order valence-corrected chi connectivity index (χ1v) is 11.4. The molecule has 0 spiro atoms. The fourth-order valence-electron chi connectivity index (χ4n) is 4.56. The van der Waals surface area contributed by atoms with Gasteiger partial charge in [-0.3, -0.25) is 0 Å². The van der Waals surface area contributed by atoms with Crippen molar-refractivity contribution >= 4 is 22.4 Å². The van der Waals surface area contributed by atoms with E-state index in [9.17, 15) is 10.2 Å². The Morgan fingerprint density at radius 1 is 0.857 bits per heavy atom. The minimum absolute atomic E-state index is 0.0242. The molecule has 0 saturated heterocycles. The van der Waals surface area contributed by atoms with Crippen molar-refractivity contribution in [2.24, 2.45) is 5.10 Å². The van der Waals surface area contributed by atoms with Gasteiger partial charge in [-0.15, -0.1) is 15.0 Å². The minimum Gasteiger partial charge on any atom is -0.505 e. The summed E-state index contributed by atoms with van der Waals surface area (Å²) in [7, 11) is 0. The Morgan fingerprint density at radius 3 is 2.14 bits per heavy atom. The Bertz CT molecular complexity index is 1530. The summed E-state index contributed by atoms with van der Waals surface area (Å²) < 4.78 is 0. The molecule has 1 aliphatic heterocycles. The molecule has 3 N–H and O–H groups in total. The van der Waals surface area contributed by atoms with Crippen LogP contribution in [0.25, 0.3) is 16.7 Å². The molecule has 2 heterocycles. The van der Waals surface area contributed by atoms with Crippen molar-refractivity contribution in [3.8, 4) is 17.2 Å². The van der Waals surface area contributed by atoms with E-state index >= 15 is 0 Å². The highest BCUT2D eigenvalue weighted by molar-refractivity contribution is 6.04. The van der Waals surface area contributed by atoms with E-state index in [1.54, 1.807) is 5.12 Å². The van der Waals surface area contributed by atoms with Crippen LogP contribution in [0.1, 0.15) is 22.3 Å². The molecule has 0 radical (unpaired) electrons. The average molecular weight is 465 g/mol. The number of aryl methyl sites for hydroxylation is 2. The number of hydrogen-bond donors (Lipinski definition) is 3. The first kappa shape index (κ1) is 21.1. The Hall–Kier alpha value is -4.43.